The van der Waals surface area contributed by atoms with E-state index in [2.05, 4.69) is 257 Å². The SMILES string of the molecule is Cc1ccccc1-c1c(Cl)c(-c2ccccc2)c2c(c1-c1ccccc1)-c1ccc3c4ccc5c6ccc7c8c(ccc(c9ccc(c%10ccc-2c1c%103)c4c95)c86)-c1c(-c2ccccc2)c(Cl)c(-c2ccccc2C)c(-c2ccccc2)c1-7. The average Bonchev–Trinajstić information content (AvgIpc) is 1.56. The van der Waals surface area contributed by atoms with Crippen molar-refractivity contribution in [1.82, 2.24) is 0 Å². The van der Waals surface area contributed by atoms with Gasteiger partial charge in [0.05, 0.1) is 10.0 Å². The van der Waals surface area contributed by atoms with Gasteiger partial charge in [-0.3, -0.25) is 0 Å². The van der Waals surface area contributed by atoms with Crippen molar-refractivity contribution in [3.05, 3.63) is 264 Å². The summed E-state index contributed by atoms with van der Waals surface area (Å²) in [5.74, 6) is 0. The zero-order chi connectivity index (χ0) is 54.2. The van der Waals surface area contributed by atoms with Crippen LogP contribution in [0.25, 0.3) is 187 Å². The number of benzene rings is 16. The highest BCUT2D eigenvalue weighted by Gasteiger charge is 2.37. The Hall–Kier alpha value is -9.56. The summed E-state index contributed by atoms with van der Waals surface area (Å²) in [6.45, 7) is 4.41. The van der Waals surface area contributed by atoms with Crippen molar-refractivity contribution >= 4 is 98.6 Å². The van der Waals surface area contributed by atoms with Crippen molar-refractivity contribution in [2.75, 3.05) is 0 Å². The second-order valence-corrected chi connectivity index (χ2v) is 23.4. The van der Waals surface area contributed by atoms with Crippen LogP contribution in [0.4, 0.5) is 0 Å². The molecule has 0 spiro atoms. The molecule has 2 heteroatoms. The van der Waals surface area contributed by atoms with Crippen molar-refractivity contribution in [2.24, 2.45) is 0 Å². The summed E-state index contributed by atoms with van der Waals surface area (Å²) in [6, 6.07) is 89.8. The molecule has 82 heavy (non-hydrogen) atoms. The molecule has 0 unspecified atom stereocenters. The van der Waals surface area contributed by atoms with Gasteiger partial charge in [-0.2, -0.15) is 0 Å². The standard InChI is InChI=1S/C80H46Cl2/c1-43-19-15-17-29-49(43)77-63(45-21-7-3-8-22-45)73-59-39-35-55-51-31-32-52-56-36-40-60-72-62(76-66(48-27-13-6-14-28-48)80(82)78(50-30-18-16-20-44(50)2)64(74(60)76)46-23-9-4-10-24-46)42-38-58(70(56)72)54-34-33-53(67(51)68(52)54)57-37-41-61(71(59)69(55)57)75(73)65(79(77)81)47-25-11-5-12-26-47/h3-42H,1-2H3. The highest BCUT2D eigenvalue weighted by molar-refractivity contribution is 6.47. The monoisotopic (exact) mass is 1080 g/mol. The van der Waals surface area contributed by atoms with Crippen LogP contribution >= 0.6 is 23.2 Å². The van der Waals surface area contributed by atoms with Crippen LogP contribution in [0.1, 0.15) is 11.1 Å². The van der Waals surface area contributed by atoms with E-state index in [-0.39, 0.29) is 0 Å². The van der Waals surface area contributed by atoms with Gasteiger partial charge < -0.3 is 0 Å². The molecule has 16 aromatic carbocycles. The number of rotatable bonds is 6. The van der Waals surface area contributed by atoms with Gasteiger partial charge in [-0.15, -0.1) is 0 Å². The van der Waals surface area contributed by atoms with Gasteiger partial charge in [-0.1, -0.05) is 266 Å². The Bertz CT molecular complexity index is 5030. The van der Waals surface area contributed by atoms with Crippen molar-refractivity contribution in [3.8, 4) is 111 Å². The highest BCUT2D eigenvalue weighted by Crippen LogP contribution is 2.64. The van der Waals surface area contributed by atoms with E-state index >= 15 is 0 Å². The van der Waals surface area contributed by atoms with Gasteiger partial charge in [0, 0.05) is 33.4 Å². The Morgan fingerprint density at radius 2 is 0.415 bits per heavy atom. The van der Waals surface area contributed by atoms with Crippen LogP contribution in [0.2, 0.25) is 10.0 Å². The van der Waals surface area contributed by atoms with E-state index in [1.54, 1.807) is 0 Å². The van der Waals surface area contributed by atoms with E-state index in [1.165, 1.54) is 142 Å². The maximum atomic E-state index is 8.05. The van der Waals surface area contributed by atoms with Crippen molar-refractivity contribution in [3.63, 3.8) is 0 Å². The lowest BCUT2D eigenvalue weighted by atomic mass is 9.81. The normalized spacial score (nSPS) is 12.4. The number of aryl methyl sites for hydroxylation is 2. The molecule has 0 amide bonds. The third-order valence-electron chi connectivity index (χ3n) is 18.7. The zero-order valence-electron chi connectivity index (χ0n) is 44.8. The molecular formula is C80H46Cl2. The van der Waals surface area contributed by atoms with Gasteiger partial charge in [0.25, 0.3) is 0 Å². The van der Waals surface area contributed by atoms with Crippen LogP contribution in [0.3, 0.4) is 0 Å². The summed E-state index contributed by atoms with van der Waals surface area (Å²) < 4.78 is 0. The zero-order valence-corrected chi connectivity index (χ0v) is 46.4. The van der Waals surface area contributed by atoms with Gasteiger partial charge >= 0.3 is 0 Å². The minimum absolute atomic E-state index is 0.776. The molecule has 0 bridgehead atoms. The Labute approximate surface area is 484 Å². The summed E-state index contributed by atoms with van der Waals surface area (Å²) in [4.78, 5) is 0. The molecule has 0 nitrogen and oxygen atoms in total. The number of hydrogen-bond acceptors (Lipinski definition) is 0. The molecule has 0 atom stereocenters. The van der Waals surface area contributed by atoms with Crippen LogP contribution in [-0.2, 0) is 0 Å². The van der Waals surface area contributed by atoms with E-state index < -0.39 is 0 Å². The number of fused-ring (bicyclic) bond motifs is 10. The summed E-state index contributed by atoms with van der Waals surface area (Å²) in [7, 11) is 0. The largest absolute Gasteiger partial charge is 0.0829 e. The average molecular weight is 1080 g/mol. The summed E-state index contributed by atoms with van der Waals surface area (Å²) in [5.41, 5.74) is 25.7. The van der Waals surface area contributed by atoms with E-state index in [9.17, 15) is 0 Å². The molecule has 0 aliphatic heterocycles. The first-order valence-electron chi connectivity index (χ1n) is 28.4. The summed E-state index contributed by atoms with van der Waals surface area (Å²) >= 11 is 16.1. The molecular weight excluding hydrogens is 1030 g/mol. The molecule has 0 radical (unpaired) electrons. The van der Waals surface area contributed by atoms with Gasteiger partial charge in [-0.25, -0.2) is 0 Å². The third kappa shape index (κ3) is 5.97. The van der Waals surface area contributed by atoms with E-state index in [1.807, 2.05) is 0 Å². The number of halogens is 2. The Morgan fingerprint density at radius 1 is 0.183 bits per heavy atom. The highest BCUT2D eigenvalue weighted by atomic mass is 35.5. The summed E-state index contributed by atoms with van der Waals surface area (Å²) in [6.07, 6.45) is 0. The first-order valence-corrected chi connectivity index (χ1v) is 29.1. The molecule has 0 saturated carbocycles. The predicted molar refractivity (Wildman–Crippen MR) is 352 cm³/mol. The minimum Gasteiger partial charge on any atom is -0.0829 e. The molecule has 16 aromatic rings. The fraction of sp³-hybridized carbons (Fsp3) is 0.0250. The van der Waals surface area contributed by atoms with E-state index in [0.29, 0.717) is 0 Å². The Kier molecular flexibility index (Phi) is 9.58. The van der Waals surface area contributed by atoms with Crippen LogP contribution in [0.15, 0.2) is 243 Å². The number of hydrogen-bond donors (Lipinski definition) is 0. The fourth-order valence-electron chi connectivity index (χ4n) is 15.4. The van der Waals surface area contributed by atoms with E-state index in [4.69, 9.17) is 23.2 Å². The van der Waals surface area contributed by atoms with Crippen molar-refractivity contribution in [2.45, 2.75) is 13.8 Å². The maximum absolute atomic E-state index is 8.05. The molecule has 0 N–H and O–H groups in total. The Morgan fingerprint density at radius 3 is 0.707 bits per heavy atom. The minimum atomic E-state index is 0.776. The van der Waals surface area contributed by atoms with Crippen molar-refractivity contribution < 1.29 is 0 Å². The molecule has 2 aliphatic rings. The van der Waals surface area contributed by atoms with Gasteiger partial charge in [0.2, 0.25) is 0 Å². The lowest BCUT2D eigenvalue weighted by Gasteiger charge is -2.24. The lowest BCUT2D eigenvalue weighted by Crippen LogP contribution is -1.97. The molecule has 2 aliphatic carbocycles. The maximum Gasteiger partial charge on any atom is 0.0575 e. The van der Waals surface area contributed by atoms with Gasteiger partial charge in [0.15, 0.2) is 0 Å². The van der Waals surface area contributed by atoms with Gasteiger partial charge in [-0.05, 0) is 178 Å². The van der Waals surface area contributed by atoms with Crippen LogP contribution < -0.4 is 0 Å². The molecule has 0 aromatic heterocycles. The van der Waals surface area contributed by atoms with Crippen LogP contribution in [0, 0.1) is 13.8 Å². The first kappa shape index (κ1) is 46.2. The third-order valence-corrected chi connectivity index (χ3v) is 19.4. The second kappa shape index (κ2) is 17.0. The molecule has 18 rings (SSSR count). The van der Waals surface area contributed by atoms with Gasteiger partial charge in [0.1, 0.15) is 0 Å². The molecule has 0 fully saturated rings. The predicted octanol–water partition coefficient (Wildman–Crippen LogP) is 23.9. The van der Waals surface area contributed by atoms with Crippen LogP contribution in [-0.4, -0.2) is 0 Å². The first-order chi connectivity index (χ1) is 40.4. The molecule has 380 valence electrons. The van der Waals surface area contributed by atoms with E-state index in [0.717, 1.165) is 65.7 Å². The quantitative estimate of drug-likeness (QED) is 0.115. The Balaban J connectivity index is 0.929. The lowest BCUT2D eigenvalue weighted by molar-refractivity contribution is 1.45. The van der Waals surface area contributed by atoms with Crippen molar-refractivity contribution in [1.29, 1.82) is 0 Å². The second-order valence-electron chi connectivity index (χ2n) is 22.7. The molecule has 0 heterocycles. The van der Waals surface area contributed by atoms with Crippen LogP contribution in [0.5, 0.6) is 0 Å². The topological polar surface area (TPSA) is 0 Å². The smallest absolute Gasteiger partial charge is 0.0575 e. The fourth-order valence-corrected chi connectivity index (χ4v) is 16.2. The summed E-state index contributed by atoms with van der Waals surface area (Å²) in [5, 5.41) is 19.5. The molecule has 0 saturated heterocycles.